The third kappa shape index (κ3) is 4.10. The second-order valence-electron chi connectivity index (χ2n) is 6.35. The van der Waals surface area contributed by atoms with E-state index in [0.29, 0.717) is 18.9 Å². The molecule has 4 rings (SSSR count). The molecule has 144 valence electrons. The van der Waals surface area contributed by atoms with Crippen molar-refractivity contribution in [3.05, 3.63) is 52.5 Å². The van der Waals surface area contributed by atoms with Crippen LogP contribution in [0.15, 0.2) is 51.1 Å². The Morgan fingerprint density at radius 2 is 2.14 bits per heavy atom. The highest BCUT2D eigenvalue weighted by Crippen LogP contribution is 2.32. The van der Waals surface area contributed by atoms with Crippen LogP contribution < -0.4 is 10.2 Å². The molecule has 1 N–H and O–H groups in total. The fraction of sp³-hybridized carbons (Fsp3) is 0.263. The zero-order chi connectivity index (χ0) is 19.5. The number of carbonyl (C=O) groups is 2. The summed E-state index contributed by atoms with van der Waals surface area (Å²) in [6.07, 6.45) is 2.57. The third-order valence-corrected chi connectivity index (χ3v) is 6.08. The van der Waals surface area contributed by atoms with Gasteiger partial charge in [0.15, 0.2) is 0 Å². The van der Waals surface area contributed by atoms with Crippen LogP contribution in [0.5, 0.6) is 0 Å². The van der Waals surface area contributed by atoms with Gasteiger partial charge < -0.3 is 9.32 Å². The highest BCUT2D eigenvalue weighted by atomic mass is 32.2. The maximum absolute atomic E-state index is 12.4. The van der Waals surface area contributed by atoms with E-state index >= 15 is 0 Å². The molecule has 3 aromatic rings. The van der Waals surface area contributed by atoms with Crippen molar-refractivity contribution >= 4 is 46.6 Å². The van der Waals surface area contributed by atoms with E-state index in [1.54, 1.807) is 16.7 Å². The smallest absolute Gasteiger partial charge is 0.322 e. The Labute approximate surface area is 170 Å². The molecular formula is C19H18N4O3S2. The molecule has 0 saturated carbocycles. The maximum Gasteiger partial charge on any atom is 0.322 e. The summed E-state index contributed by atoms with van der Waals surface area (Å²) in [4.78, 5) is 28.3. The molecule has 3 heterocycles. The molecule has 7 nitrogen and oxygen atoms in total. The molecule has 0 bridgehead atoms. The van der Waals surface area contributed by atoms with E-state index in [2.05, 4.69) is 15.5 Å². The highest BCUT2D eigenvalue weighted by Gasteiger charge is 2.35. The van der Waals surface area contributed by atoms with Gasteiger partial charge >= 0.3 is 6.01 Å². The first kappa shape index (κ1) is 18.7. The van der Waals surface area contributed by atoms with Crippen molar-refractivity contribution < 1.29 is 14.0 Å². The van der Waals surface area contributed by atoms with E-state index < -0.39 is 0 Å². The number of hydrogen-bond donors (Lipinski definition) is 1. The number of hydrogen-bond acceptors (Lipinski definition) is 7. The van der Waals surface area contributed by atoms with Gasteiger partial charge in [0.25, 0.3) is 0 Å². The van der Waals surface area contributed by atoms with E-state index in [0.717, 1.165) is 15.5 Å². The van der Waals surface area contributed by atoms with Crippen LogP contribution in [0.3, 0.4) is 0 Å². The summed E-state index contributed by atoms with van der Waals surface area (Å²) in [5, 5.41) is 12.5. The predicted molar refractivity (Wildman–Crippen MR) is 109 cm³/mol. The predicted octanol–water partition coefficient (Wildman–Crippen LogP) is 3.55. The van der Waals surface area contributed by atoms with E-state index in [1.807, 2.05) is 48.0 Å². The van der Waals surface area contributed by atoms with Gasteiger partial charge in [-0.3, -0.25) is 14.9 Å². The first-order valence-corrected chi connectivity index (χ1v) is 10.8. The average molecular weight is 415 g/mol. The molecular weight excluding hydrogens is 396 g/mol. The molecule has 1 aliphatic heterocycles. The van der Waals surface area contributed by atoms with Crippen molar-refractivity contribution in [2.45, 2.75) is 23.7 Å². The Kier molecular flexibility index (Phi) is 5.45. The van der Waals surface area contributed by atoms with Crippen molar-refractivity contribution in [3.63, 3.8) is 0 Å². The van der Waals surface area contributed by atoms with Crippen LogP contribution in [-0.2, 0) is 16.0 Å². The quantitative estimate of drug-likeness (QED) is 0.621. The van der Waals surface area contributed by atoms with Crippen molar-refractivity contribution in [2.24, 2.45) is 0 Å². The molecule has 0 radical (unpaired) electrons. The van der Waals surface area contributed by atoms with Crippen molar-refractivity contribution in [1.82, 2.24) is 10.2 Å². The van der Waals surface area contributed by atoms with E-state index in [9.17, 15) is 9.59 Å². The minimum Gasteiger partial charge on any atom is -0.407 e. The van der Waals surface area contributed by atoms with Crippen LogP contribution in [0.25, 0.3) is 0 Å². The topological polar surface area (TPSA) is 88.3 Å². The van der Waals surface area contributed by atoms with Gasteiger partial charge in [-0.1, -0.05) is 11.2 Å². The second kappa shape index (κ2) is 8.15. The molecule has 2 amide bonds. The molecule has 0 aliphatic carbocycles. The first-order valence-electron chi connectivity index (χ1n) is 8.72. The summed E-state index contributed by atoms with van der Waals surface area (Å²) < 4.78 is 5.59. The lowest BCUT2D eigenvalue weighted by atomic mass is 10.1. The number of rotatable bonds is 6. The molecule has 28 heavy (non-hydrogen) atoms. The Morgan fingerprint density at radius 1 is 1.32 bits per heavy atom. The molecule has 1 saturated heterocycles. The first-order chi connectivity index (χ1) is 13.6. The van der Waals surface area contributed by atoms with Crippen molar-refractivity contribution in [2.75, 3.05) is 23.0 Å². The summed E-state index contributed by atoms with van der Waals surface area (Å²) in [7, 11) is 0. The number of carbonyl (C=O) groups excluding carboxylic acids is 2. The van der Waals surface area contributed by atoms with Crippen molar-refractivity contribution in [3.8, 4) is 0 Å². The normalized spacial score (nSPS) is 16.5. The Hall–Kier alpha value is -2.65. The zero-order valence-electron chi connectivity index (χ0n) is 15.1. The minimum absolute atomic E-state index is 0.0170. The van der Waals surface area contributed by atoms with Gasteiger partial charge in [0, 0.05) is 28.4 Å². The summed E-state index contributed by atoms with van der Waals surface area (Å²) in [6, 6.07) is 11.7. The van der Waals surface area contributed by atoms with Crippen molar-refractivity contribution in [1.29, 1.82) is 0 Å². The number of anilines is 2. The van der Waals surface area contributed by atoms with E-state index in [1.165, 1.54) is 11.3 Å². The highest BCUT2D eigenvalue weighted by molar-refractivity contribution is 7.98. The zero-order valence-corrected chi connectivity index (χ0v) is 16.8. The number of nitrogens with one attached hydrogen (secondary N) is 1. The van der Waals surface area contributed by atoms with Gasteiger partial charge in [-0.25, -0.2) is 0 Å². The Morgan fingerprint density at radius 3 is 2.86 bits per heavy atom. The molecule has 1 atom stereocenters. The standard InChI is InChI=1S/C19H18N4O3S2/c1-27-14-6-4-13(5-7-14)23-11-12(9-17(23)25)18-21-22-19(26-18)20-16(24)10-15-3-2-8-28-15/h2-8,12H,9-11H2,1H3,(H,20,22,24)/t12-/m1/s1. The number of thioether (sulfide) groups is 1. The van der Waals surface area contributed by atoms with Crippen LogP contribution in [0.4, 0.5) is 11.7 Å². The van der Waals surface area contributed by atoms with Crippen LogP contribution in [-0.4, -0.2) is 34.8 Å². The molecule has 0 unspecified atom stereocenters. The largest absolute Gasteiger partial charge is 0.407 e. The average Bonchev–Trinajstić information content (AvgIpc) is 3.43. The molecule has 1 aliphatic rings. The number of nitrogens with zero attached hydrogens (tertiary/aromatic N) is 3. The Bertz CT molecular complexity index is 969. The number of amides is 2. The van der Waals surface area contributed by atoms with Gasteiger partial charge in [-0.15, -0.1) is 28.2 Å². The van der Waals surface area contributed by atoms with E-state index in [4.69, 9.17) is 4.42 Å². The fourth-order valence-corrected chi connectivity index (χ4v) is 4.18. The van der Waals surface area contributed by atoms with Crippen LogP contribution in [0.2, 0.25) is 0 Å². The van der Waals surface area contributed by atoms with Crippen LogP contribution in [0, 0.1) is 0 Å². The van der Waals surface area contributed by atoms with Gasteiger partial charge in [0.05, 0.1) is 12.3 Å². The van der Waals surface area contributed by atoms with Gasteiger partial charge in [0.2, 0.25) is 17.7 Å². The van der Waals surface area contributed by atoms with Crippen LogP contribution >= 0.6 is 23.1 Å². The number of aromatic nitrogens is 2. The Balaban J connectivity index is 1.39. The van der Waals surface area contributed by atoms with Gasteiger partial charge in [-0.05, 0) is 42.0 Å². The summed E-state index contributed by atoms with van der Waals surface area (Å²) in [6.45, 7) is 0.474. The minimum atomic E-state index is -0.212. The lowest BCUT2D eigenvalue weighted by molar-refractivity contribution is -0.117. The SMILES string of the molecule is CSc1ccc(N2C[C@H](c3nnc(NC(=O)Cc4cccs4)o3)CC2=O)cc1. The van der Waals surface area contributed by atoms with E-state index in [-0.39, 0.29) is 30.2 Å². The lowest BCUT2D eigenvalue weighted by Crippen LogP contribution is -2.24. The number of benzene rings is 1. The molecule has 2 aromatic heterocycles. The molecule has 1 fully saturated rings. The van der Waals surface area contributed by atoms with Gasteiger partial charge in [-0.2, -0.15) is 0 Å². The fourth-order valence-electron chi connectivity index (χ4n) is 3.07. The monoisotopic (exact) mass is 414 g/mol. The molecule has 9 heteroatoms. The second-order valence-corrected chi connectivity index (χ2v) is 8.27. The molecule has 1 aromatic carbocycles. The summed E-state index contributed by atoms with van der Waals surface area (Å²) in [5.41, 5.74) is 0.856. The van der Waals surface area contributed by atoms with Crippen LogP contribution in [0.1, 0.15) is 23.1 Å². The van der Waals surface area contributed by atoms with Gasteiger partial charge in [0.1, 0.15) is 0 Å². The number of thiophene rings is 1. The summed E-state index contributed by atoms with van der Waals surface area (Å²) in [5.74, 6) is -0.0229. The lowest BCUT2D eigenvalue weighted by Gasteiger charge is -2.16. The molecule has 0 spiro atoms. The maximum atomic E-state index is 12.4. The summed E-state index contributed by atoms with van der Waals surface area (Å²) >= 11 is 3.17. The third-order valence-electron chi connectivity index (χ3n) is 4.46.